The Bertz CT molecular complexity index is 2020. The van der Waals surface area contributed by atoms with E-state index < -0.39 is 105 Å². The van der Waals surface area contributed by atoms with Crippen molar-refractivity contribution in [2.75, 3.05) is 51.9 Å². The maximum Gasteiger partial charge on any atom is 0.433 e. The van der Waals surface area contributed by atoms with E-state index in [9.17, 15) is 51.3 Å². The smallest absolute Gasteiger partial charge is 0.433 e. The van der Waals surface area contributed by atoms with E-state index in [0.29, 0.717) is 50.1 Å². The minimum Gasteiger partial charge on any atom is -0.510 e. The summed E-state index contributed by atoms with van der Waals surface area (Å²) in [6, 6.07) is 4.21. The van der Waals surface area contributed by atoms with Crippen LogP contribution in [0.1, 0.15) is 48.9 Å². The Morgan fingerprint density at radius 1 is 0.952 bits per heavy atom. The lowest BCUT2D eigenvalue weighted by atomic mass is 9.88. The van der Waals surface area contributed by atoms with Gasteiger partial charge in [0.1, 0.15) is 36.9 Å². The van der Waals surface area contributed by atoms with Gasteiger partial charge in [-0.3, -0.25) is 20.3 Å². The molecule has 3 aromatic rings. The quantitative estimate of drug-likeness (QED) is 0.0145. The molecule has 1 heterocycles. The molecule has 2 amide bonds. The number of carbonyl (C=O) groups excluding carboxylic acids is 3. The van der Waals surface area contributed by atoms with Crippen LogP contribution < -0.4 is 20.8 Å². The molecular formula is C39H46F8N6O10. The molecular weight excluding hydrogens is 864 g/mol. The van der Waals surface area contributed by atoms with E-state index in [4.69, 9.17) is 24.5 Å². The van der Waals surface area contributed by atoms with Crippen LogP contribution in [0.15, 0.2) is 54.1 Å². The van der Waals surface area contributed by atoms with Gasteiger partial charge in [-0.25, -0.2) is 19.4 Å². The predicted octanol–water partition coefficient (Wildman–Crippen LogP) is 3.58. The summed E-state index contributed by atoms with van der Waals surface area (Å²) in [6.07, 6.45) is -11.0. The summed E-state index contributed by atoms with van der Waals surface area (Å²) < 4.78 is 124. The van der Waals surface area contributed by atoms with Crippen molar-refractivity contribution in [1.82, 2.24) is 25.7 Å². The number of alkyl halides is 6. The van der Waals surface area contributed by atoms with Gasteiger partial charge in [0.15, 0.2) is 11.6 Å². The Morgan fingerprint density at radius 2 is 1.63 bits per heavy atom. The number of aldehydes is 1. The largest absolute Gasteiger partial charge is 0.510 e. The fourth-order valence-electron chi connectivity index (χ4n) is 6.37. The fraction of sp³-hybridized carbons (Fsp3) is 0.462. The highest BCUT2D eigenvalue weighted by atomic mass is 19.4. The Labute approximate surface area is 354 Å². The SMILES string of the molecule is CN(NC=O)C1(/C(O)=C(\Cc2ccc(OCCOCCNC(O)C(O)CCO)c(F)c2F)C(=O)Nc2ccc(C(F)(F)F)cc2-c2cc(C(F)(F)F)ncn2)CCCC1.O=CCO. The van der Waals surface area contributed by atoms with Crippen LogP contribution in [0.5, 0.6) is 5.75 Å². The molecule has 0 spiro atoms. The molecule has 348 valence electrons. The van der Waals surface area contributed by atoms with E-state index in [2.05, 4.69) is 26.0 Å². The third-order valence-electron chi connectivity index (χ3n) is 9.59. The second kappa shape index (κ2) is 23.9. The number of hydrogen-bond donors (Lipinski definition) is 8. The summed E-state index contributed by atoms with van der Waals surface area (Å²) in [5.74, 6) is -5.52. The first-order valence-corrected chi connectivity index (χ1v) is 19.0. The third kappa shape index (κ3) is 14.3. The molecule has 2 atom stereocenters. The lowest BCUT2D eigenvalue weighted by molar-refractivity contribution is -0.141. The van der Waals surface area contributed by atoms with Crippen molar-refractivity contribution < 1.29 is 84.5 Å². The Kier molecular flexibility index (Phi) is 19.7. The lowest BCUT2D eigenvalue weighted by Gasteiger charge is -2.38. The number of rotatable bonds is 21. The zero-order valence-corrected chi connectivity index (χ0v) is 33.5. The highest BCUT2D eigenvalue weighted by molar-refractivity contribution is 6.06. The van der Waals surface area contributed by atoms with E-state index in [1.807, 2.05) is 0 Å². The van der Waals surface area contributed by atoms with Gasteiger partial charge in [0, 0.05) is 38.6 Å². The molecule has 63 heavy (non-hydrogen) atoms. The second-order valence-corrected chi connectivity index (χ2v) is 13.7. The zero-order valence-electron chi connectivity index (χ0n) is 33.5. The average Bonchev–Trinajstić information content (AvgIpc) is 3.75. The van der Waals surface area contributed by atoms with Crippen LogP contribution in [0.4, 0.5) is 40.8 Å². The van der Waals surface area contributed by atoms with Gasteiger partial charge >= 0.3 is 12.4 Å². The first kappa shape index (κ1) is 52.0. The summed E-state index contributed by atoms with van der Waals surface area (Å²) in [6.45, 7) is -0.991. The van der Waals surface area contributed by atoms with Crippen LogP contribution in [0.3, 0.4) is 0 Å². The molecule has 1 aliphatic rings. The van der Waals surface area contributed by atoms with Crippen LogP contribution in [0.25, 0.3) is 11.3 Å². The number of hydrogen-bond acceptors (Lipinski definition) is 14. The molecule has 0 aliphatic heterocycles. The zero-order chi connectivity index (χ0) is 47.0. The Balaban J connectivity index is 0.00000253. The van der Waals surface area contributed by atoms with Crippen LogP contribution in [-0.2, 0) is 37.9 Å². The van der Waals surface area contributed by atoms with Crippen molar-refractivity contribution in [3.63, 3.8) is 0 Å². The highest BCUT2D eigenvalue weighted by Crippen LogP contribution is 2.42. The summed E-state index contributed by atoms with van der Waals surface area (Å²) in [5.41, 5.74) is -4.80. The van der Waals surface area contributed by atoms with Crippen LogP contribution in [0.2, 0.25) is 0 Å². The number of nitrogens with zero attached hydrogens (tertiary/aromatic N) is 3. The van der Waals surface area contributed by atoms with Crippen LogP contribution in [-0.4, -0.2) is 124 Å². The Morgan fingerprint density at radius 3 is 2.24 bits per heavy atom. The van der Waals surface area contributed by atoms with Crippen molar-refractivity contribution in [3.8, 4) is 17.0 Å². The minimum absolute atomic E-state index is 0.0173. The first-order chi connectivity index (χ1) is 29.7. The number of anilines is 1. The first-order valence-electron chi connectivity index (χ1n) is 19.0. The molecule has 1 aliphatic carbocycles. The number of nitrogens with one attached hydrogen (secondary N) is 3. The standard InChI is InChI=1S/C37H42F8N6O8.C2H4O2/c1-51(49-20-53)35(9-2-3-10-35)32(55)24(16-21-4-7-28(31(39)30(21)38)59-15-14-58-13-11-46-34(57)27(54)8-12-52)33(56)50-25-6-5-22(36(40,41)42)17-23(25)26-18-29(37(43,44)45)48-19-47-26;3-1-2-4/h4-7,17-20,27,34,46,52,54-55,57H,2-3,8-16H2,1H3,(H,49,53)(H,50,56);1,4H,2H2/b32-24-;. The van der Waals surface area contributed by atoms with Crippen LogP contribution >= 0.6 is 0 Å². The number of halogens is 8. The molecule has 24 heteroatoms. The van der Waals surface area contributed by atoms with Gasteiger partial charge < -0.3 is 45.1 Å². The van der Waals surface area contributed by atoms with Crippen molar-refractivity contribution in [1.29, 1.82) is 0 Å². The van der Waals surface area contributed by atoms with Gasteiger partial charge in [-0.15, -0.1) is 0 Å². The maximum absolute atomic E-state index is 15.7. The number of aliphatic hydroxyl groups excluding tert-OH is 5. The number of amides is 2. The normalized spacial score (nSPS) is 15.1. The monoisotopic (exact) mass is 910 g/mol. The summed E-state index contributed by atoms with van der Waals surface area (Å²) in [7, 11) is 1.38. The maximum atomic E-state index is 15.7. The minimum atomic E-state index is -5.02. The van der Waals surface area contributed by atoms with Crippen molar-refractivity contribution >= 4 is 24.3 Å². The molecule has 1 aromatic heterocycles. The fourth-order valence-corrected chi connectivity index (χ4v) is 6.37. The molecule has 2 unspecified atom stereocenters. The Hall–Kier alpha value is -5.37. The molecule has 2 aromatic carbocycles. The summed E-state index contributed by atoms with van der Waals surface area (Å²) in [5, 5.41) is 53.6. The molecule has 1 fully saturated rings. The van der Waals surface area contributed by atoms with E-state index in [1.165, 1.54) is 12.1 Å². The predicted molar refractivity (Wildman–Crippen MR) is 205 cm³/mol. The van der Waals surface area contributed by atoms with E-state index in [1.54, 1.807) is 0 Å². The van der Waals surface area contributed by atoms with Crippen molar-refractivity contribution in [2.45, 2.75) is 68.7 Å². The van der Waals surface area contributed by atoms with Gasteiger partial charge in [-0.1, -0.05) is 18.9 Å². The van der Waals surface area contributed by atoms with Gasteiger partial charge in [-0.2, -0.15) is 30.7 Å². The third-order valence-corrected chi connectivity index (χ3v) is 9.59. The molecule has 4 rings (SSSR count). The van der Waals surface area contributed by atoms with Crippen molar-refractivity contribution in [2.24, 2.45) is 0 Å². The van der Waals surface area contributed by atoms with Crippen molar-refractivity contribution in [3.05, 3.63) is 82.5 Å². The highest BCUT2D eigenvalue weighted by Gasteiger charge is 2.45. The number of aliphatic hydroxyl groups is 5. The molecule has 16 nitrogen and oxygen atoms in total. The van der Waals surface area contributed by atoms with Gasteiger partial charge in [0.05, 0.1) is 54.0 Å². The number of benzene rings is 2. The molecule has 0 saturated heterocycles. The molecule has 8 N–H and O–H groups in total. The van der Waals surface area contributed by atoms with E-state index in [-0.39, 0.29) is 58.8 Å². The topological polar surface area (TPSA) is 236 Å². The van der Waals surface area contributed by atoms with Gasteiger partial charge in [0.2, 0.25) is 12.2 Å². The van der Waals surface area contributed by atoms with Gasteiger partial charge in [-0.05, 0) is 48.7 Å². The number of ether oxygens (including phenoxy) is 2. The number of carbonyl (C=O) groups is 3. The van der Waals surface area contributed by atoms with E-state index >= 15 is 8.78 Å². The number of hydrazine groups is 1. The second-order valence-electron chi connectivity index (χ2n) is 13.7. The van der Waals surface area contributed by atoms with E-state index in [0.717, 1.165) is 18.2 Å². The molecule has 0 bridgehead atoms. The lowest BCUT2D eigenvalue weighted by Crippen LogP contribution is -2.53. The number of aromatic nitrogens is 2. The molecule has 0 radical (unpaired) electrons. The average molecular weight is 911 g/mol. The summed E-state index contributed by atoms with van der Waals surface area (Å²) in [4.78, 5) is 41.3. The summed E-state index contributed by atoms with van der Waals surface area (Å²) >= 11 is 0. The number of likely N-dealkylation sites (N-methyl/N-ethyl adjacent to an activating group) is 1. The van der Waals surface area contributed by atoms with Gasteiger partial charge in [0.25, 0.3) is 5.91 Å². The van der Waals surface area contributed by atoms with Crippen LogP contribution in [0, 0.1) is 11.6 Å². The molecule has 1 saturated carbocycles.